The molecule has 2 aromatic carbocycles. The van der Waals surface area contributed by atoms with Gasteiger partial charge in [0.1, 0.15) is 11.6 Å². The minimum absolute atomic E-state index is 0.0212. The van der Waals surface area contributed by atoms with Gasteiger partial charge in [0.2, 0.25) is 0 Å². The van der Waals surface area contributed by atoms with E-state index in [1.807, 2.05) is 0 Å². The Bertz CT molecular complexity index is 1230. The monoisotopic (exact) mass is 603 g/mol. The van der Waals surface area contributed by atoms with E-state index in [0.29, 0.717) is 44.7 Å². The second-order valence-electron chi connectivity index (χ2n) is 11.5. The minimum atomic E-state index is -1.12. The number of nitrogens with one attached hydrogen (secondary N) is 2. The van der Waals surface area contributed by atoms with Crippen molar-refractivity contribution in [3.8, 4) is 0 Å². The summed E-state index contributed by atoms with van der Waals surface area (Å²) >= 11 is 0. The number of ether oxygens (including phenoxy) is 2. The fourth-order valence-corrected chi connectivity index (χ4v) is 6.08. The highest BCUT2D eigenvalue weighted by molar-refractivity contribution is 6.00. The molecule has 0 saturated carbocycles. The van der Waals surface area contributed by atoms with Gasteiger partial charge >= 0.3 is 0 Å². The first-order valence-corrected chi connectivity index (χ1v) is 15.0. The molecule has 0 spiro atoms. The van der Waals surface area contributed by atoms with Crippen molar-refractivity contribution in [1.82, 2.24) is 15.5 Å². The van der Waals surface area contributed by atoms with Crippen molar-refractivity contribution in [1.29, 1.82) is 0 Å². The Balaban J connectivity index is 1.55. The number of carbonyl (C=O) groups is 2. The van der Waals surface area contributed by atoms with Gasteiger partial charge < -0.3 is 35.2 Å². The van der Waals surface area contributed by atoms with E-state index in [1.54, 1.807) is 37.1 Å². The zero-order valence-corrected chi connectivity index (χ0v) is 24.9. The van der Waals surface area contributed by atoms with Crippen LogP contribution in [0.2, 0.25) is 0 Å². The molecular formula is C32H43F2N3O6. The molecule has 2 aliphatic rings. The van der Waals surface area contributed by atoms with Gasteiger partial charge in [0.25, 0.3) is 11.8 Å². The number of amides is 2. The van der Waals surface area contributed by atoms with Crippen LogP contribution in [0.4, 0.5) is 8.78 Å². The molecule has 4 rings (SSSR count). The van der Waals surface area contributed by atoms with Gasteiger partial charge in [0.15, 0.2) is 0 Å². The minimum Gasteiger partial charge on any atom is -0.396 e. The van der Waals surface area contributed by atoms with Crippen LogP contribution in [-0.4, -0.2) is 97.3 Å². The molecule has 2 aromatic rings. The third kappa shape index (κ3) is 9.02. The quantitative estimate of drug-likeness (QED) is 0.260. The third-order valence-electron chi connectivity index (χ3n) is 8.15. The van der Waals surface area contributed by atoms with Gasteiger partial charge in [0, 0.05) is 50.1 Å². The summed E-state index contributed by atoms with van der Waals surface area (Å²) in [5.74, 6) is -2.20. The van der Waals surface area contributed by atoms with E-state index in [2.05, 4.69) is 10.6 Å². The van der Waals surface area contributed by atoms with Crippen molar-refractivity contribution in [3.05, 3.63) is 70.3 Å². The number of hydrogen-bond acceptors (Lipinski definition) is 7. The summed E-state index contributed by atoms with van der Waals surface area (Å²) in [4.78, 5) is 28.8. The molecule has 11 heteroatoms. The summed E-state index contributed by atoms with van der Waals surface area (Å²) in [6.45, 7) is 3.84. The maximum absolute atomic E-state index is 14.0. The lowest BCUT2D eigenvalue weighted by atomic mass is 9.90. The number of carbonyl (C=O) groups excluding carboxylic acids is 2. The molecule has 0 radical (unpaired) electrons. The highest BCUT2D eigenvalue weighted by Gasteiger charge is 2.34. The molecule has 2 aliphatic heterocycles. The van der Waals surface area contributed by atoms with Crippen LogP contribution in [0.1, 0.15) is 63.9 Å². The Morgan fingerprint density at radius 2 is 1.86 bits per heavy atom. The Morgan fingerprint density at radius 3 is 2.58 bits per heavy atom. The van der Waals surface area contributed by atoms with E-state index in [0.717, 1.165) is 30.9 Å². The smallest absolute Gasteiger partial charge is 0.254 e. The predicted octanol–water partition coefficient (Wildman–Crippen LogP) is 2.75. The Morgan fingerprint density at radius 1 is 1.12 bits per heavy atom. The van der Waals surface area contributed by atoms with Crippen molar-refractivity contribution in [3.63, 3.8) is 0 Å². The molecule has 2 amide bonds. The normalized spacial score (nSPS) is 21.9. The number of aliphatic hydroxyl groups excluding tert-OH is 2. The van der Waals surface area contributed by atoms with Gasteiger partial charge in [-0.15, -0.1) is 0 Å². The average molecular weight is 604 g/mol. The third-order valence-corrected chi connectivity index (χ3v) is 8.15. The summed E-state index contributed by atoms with van der Waals surface area (Å²) < 4.78 is 39.2. The topological polar surface area (TPSA) is 120 Å². The number of benzene rings is 2. The Labute approximate surface area is 251 Å². The number of nitrogens with zero attached hydrogens (tertiary/aromatic N) is 1. The summed E-state index contributed by atoms with van der Waals surface area (Å²) in [6, 6.07) is 6.69. The molecule has 2 fully saturated rings. The molecule has 9 nitrogen and oxygen atoms in total. The summed E-state index contributed by atoms with van der Waals surface area (Å²) in [6.07, 6.45) is 2.12. The van der Waals surface area contributed by atoms with Gasteiger partial charge in [-0.25, -0.2) is 8.78 Å². The number of rotatable bonds is 13. The molecule has 0 aromatic heterocycles. The van der Waals surface area contributed by atoms with Gasteiger partial charge in [-0.2, -0.15) is 0 Å². The van der Waals surface area contributed by atoms with E-state index in [-0.39, 0.29) is 42.2 Å². The molecule has 4 N–H and O–H groups in total. The van der Waals surface area contributed by atoms with E-state index in [9.17, 15) is 23.5 Å². The molecule has 2 saturated heterocycles. The van der Waals surface area contributed by atoms with Gasteiger partial charge in [-0.05, 0) is 93.5 Å². The van der Waals surface area contributed by atoms with Gasteiger partial charge in [0.05, 0.1) is 30.9 Å². The first kappa shape index (κ1) is 32.9. The fraction of sp³-hybridized carbons (Fsp3) is 0.562. The number of aliphatic hydroxyl groups is 2. The standard InChI is InChI=1S/C32H43F2N3O6/c1-20-11-22(16-23(12-20)32(41)37-8-3-5-26(37)19-42-2)31(40)36-29(15-21-13-24(33)17-25(34)14-21)30(39)28-18-27(6-7-35-28)43-10-4-9-38/h11-14,16-17,26-30,35,38-39H,3-10,15,18-19H2,1-2H3,(H,36,40)/t26-,27+,28?,29+,30-/m1/s1. The SMILES string of the molecule is COC[C@H]1CCCN1C(=O)c1cc(C)cc(C(=O)N[C@@H](Cc2cc(F)cc(F)c2)[C@H](O)C2C[C@@H](OCCCO)CCN2)c1. The largest absolute Gasteiger partial charge is 0.396 e. The van der Waals surface area contributed by atoms with E-state index in [4.69, 9.17) is 14.6 Å². The maximum atomic E-state index is 14.0. The van der Waals surface area contributed by atoms with E-state index in [1.165, 1.54) is 12.1 Å². The molecule has 43 heavy (non-hydrogen) atoms. The lowest BCUT2D eigenvalue weighted by Crippen LogP contribution is -2.57. The molecule has 5 atom stereocenters. The number of aryl methyl sites for hydroxylation is 1. The summed E-state index contributed by atoms with van der Waals surface area (Å²) in [5.41, 5.74) is 1.64. The average Bonchev–Trinajstić information content (AvgIpc) is 3.44. The van der Waals surface area contributed by atoms with E-state index >= 15 is 0 Å². The lowest BCUT2D eigenvalue weighted by molar-refractivity contribution is -0.0113. The number of likely N-dealkylation sites (tertiary alicyclic amines) is 1. The number of piperidine rings is 1. The van der Waals surface area contributed by atoms with Crippen molar-refractivity contribution in [2.75, 3.05) is 40.0 Å². The van der Waals surface area contributed by atoms with Crippen LogP contribution in [0.25, 0.3) is 0 Å². The number of methoxy groups -OCH3 is 1. The van der Waals surface area contributed by atoms with Crippen molar-refractivity contribution >= 4 is 11.8 Å². The van der Waals surface area contributed by atoms with Crippen LogP contribution in [0.5, 0.6) is 0 Å². The first-order chi connectivity index (χ1) is 20.7. The van der Waals surface area contributed by atoms with Gasteiger partial charge in [-0.3, -0.25) is 9.59 Å². The second kappa shape index (κ2) is 15.7. The Kier molecular flexibility index (Phi) is 12.0. The summed E-state index contributed by atoms with van der Waals surface area (Å²) in [5, 5.41) is 26.7. The van der Waals surface area contributed by atoms with Crippen molar-refractivity contribution < 1.29 is 38.1 Å². The van der Waals surface area contributed by atoms with Crippen LogP contribution >= 0.6 is 0 Å². The lowest BCUT2D eigenvalue weighted by Gasteiger charge is -2.37. The van der Waals surface area contributed by atoms with Crippen molar-refractivity contribution in [2.24, 2.45) is 0 Å². The molecule has 0 bridgehead atoms. The Hall–Kier alpha value is -2.96. The molecule has 2 heterocycles. The molecule has 0 aliphatic carbocycles. The fourth-order valence-electron chi connectivity index (χ4n) is 6.08. The van der Waals surface area contributed by atoms with E-state index < -0.39 is 35.7 Å². The molecule has 236 valence electrons. The maximum Gasteiger partial charge on any atom is 0.254 e. The predicted molar refractivity (Wildman–Crippen MR) is 157 cm³/mol. The molecular weight excluding hydrogens is 560 g/mol. The first-order valence-electron chi connectivity index (χ1n) is 15.0. The summed E-state index contributed by atoms with van der Waals surface area (Å²) in [7, 11) is 1.60. The second-order valence-corrected chi connectivity index (χ2v) is 11.5. The van der Waals surface area contributed by atoms with Crippen LogP contribution in [0.3, 0.4) is 0 Å². The number of hydrogen-bond donors (Lipinski definition) is 4. The molecule has 1 unspecified atom stereocenters. The van der Waals surface area contributed by atoms with Crippen LogP contribution in [0.15, 0.2) is 36.4 Å². The van der Waals surface area contributed by atoms with Crippen LogP contribution < -0.4 is 10.6 Å². The van der Waals surface area contributed by atoms with Crippen molar-refractivity contribution in [2.45, 2.75) is 75.8 Å². The zero-order valence-electron chi connectivity index (χ0n) is 24.9. The number of halogens is 2. The van der Waals surface area contributed by atoms with Crippen LogP contribution in [0, 0.1) is 18.6 Å². The van der Waals surface area contributed by atoms with Gasteiger partial charge in [-0.1, -0.05) is 0 Å². The van der Waals surface area contributed by atoms with Crippen LogP contribution in [-0.2, 0) is 15.9 Å². The highest BCUT2D eigenvalue weighted by atomic mass is 19.1. The zero-order chi connectivity index (χ0) is 30.9. The highest BCUT2D eigenvalue weighted by Crippen LogP contribution is 2.23.